The Kier molecular flexibility index (Phi) is 5.29. The molecule has 0 unspecified atom stereocenters. The van der Waals surface area contributed by atoms with E-state index in [4.69, 9.17) is 14.8 Å². The molecule has 0 spiro atoms. The number of aliphatic hydroxyl groups excluding tert-OH is 1. The first-order valence-corrected chi connectivity index (χ1v) is 9.62. The van der Waals surface area contributed by atoms with E-state index in [0.717, 1.165) is 16.6 Å². The van der Waals surface area contributed by atoms with Crippen molar-refractivity contribution in [1.82, 2.24) is 14.5 Å². The minimum absolute atomic E-state index is 0.0836. The molecule has 2 heterocycles. The van der Waals surface area contributed by atoms with E-state index < -0.39 is 5.60 Å². The van der Waals surface area contributed by atoms with Crippen LogP contribution in [0, 0.1) is 0 Å². The Bertz CT molecular complexity index is 1060. The number of ether oxygens (including phenoxy) is 1. The van der Waals surface area contributed by atoms with Crippen molar-refractivity contribution in [2.75, 3.05) is 13.2 Å². The average molecular weight is 389 g/mol. The van der Waals surface area contributed by atoms with Crippen molar-refractivity contribution in [1.29, 1.82) is 0 Å². The third kappa shape index (κ3) is 3.37. The Morgan fingerprint density at radius 2 is 1.62 bits per heavy atom. The molecule has 4 aromatic rings. The number of pyridine rings is 1. The lowest BCUT2D eigenvalue weighted by Crippen LogP contribution is -2.32. The van der Waals surface area contributed by atoms with Crippen molar-refractivity contribution in [2.24, 2.45) is 0 Å². The number of aryl methyl sites for hydroxylation is 1. The van der Waals surface area contributed by atoms with E-state index in [-0.39, 0.29) is 13.2 Å². The quantitative estimate of drug-likeness (QED) is 0.508. The van der Waals surface area contributed by atoms with Gasteiger partial charge in [0.1, 0.15) is 12.1 Å². The second kappa shape index (κ2) is 8.03. The molecule has 0 radical (unpaired) electrons. The van der Waals surface area contributed by atoms with Crippen LogP contribution < -0.4 is 4.74 Å². The Morgan fingerprint density at radius 1 is 1.00 bits per heavy atom. The molecule has 2 aromatic carbocycles. The molecule has 4 rings (SSSR count). The van der Waals surface area contributed by atoms with Gasteiger partial charge in [0.25, 0.3) is 0 Å². The van der Waals surface area contributed by atoms with Gasteiger partial charge in [-0.2, -0.15) is 0 Å². The molecular formula is C23H23N3O3. The summed E-state index contributed by atoms with van der Waals surface area (Å²) in [4.78, 5) is 9.05. The highest BCUT2D eigenvalue weighted by Gasteiger charge is 2.38. The molecule has 2 aromatic heterocycles. The van der Waals surface area contributed by atoms with Crippen LogP contribution in [0.5, 0.6) is 5.88 Å². The molecule has 148 valence electrons. The Hall–Kier alpha value is -3.22. The van der Waals surface area contributed by atoms with Crippen LogP contribution in [0.3, 0.4) is 0 Å². The fraction of sp³-hybridized carbons (Fsp3) is 0.217. The van der Waals surface area contributed by atoms with Crippen molar-refractivity contribution >= 4 is 11.0 Å². The van der Waals surface area contributed by atoms with E-state index in [1.165, 1.54) is 0 Å². The zero-order valence-electron chi connectivity index (χ0n) is 16.2. The monoisotopic (exact) mass is 389 g/mol. The van der Waals surface area contributed by atoms with Gasteiger partial charge >= 0.3 is 0 Å². The molecule has 6 heteroatoms. The standard InChI is InChI=1S/C23H23N3O3/c1-2-26-20-15-21(29-14-13-27)24-16-19(20)25-22(26)23(28,17-9-5-3-6-10-17)18-11-7-4-8-12-18/h3-12,15-16,27-28H,2,13-14H2,1H3. The lowest BCUT2D eigenvalue weighted by molar-refractivity contribution is 0.112. The molecule has 0 aliphatic carbocycles. The summed E-state index contributed by atoms with van der Waals surface area (Å²) in [5.74, 6) is 0.934. The molecule has 0 fully saturated rings. The molecule has 6 nitrogen and oxygen atoms in total. The maximum atomic E-state index is 12.1. The third-order valence-electron chi connectivity index (χ3n) is 4.97. The molecule has 29 heavy (non-hydrogen) atoms. The number of aromatic nitrogens is 3. The van der Waals surface area contributed by atoms with Crippen molar-refractivity contribution in [2.45, 2.75) is 19.1 Å². The summed E-state index contributed by atoms with van der Waals surface area (Å²) in [6.45, 7) is 2.70. The van der Waals surface area contributed by atoms with Crippen LogP contribution in [0.15, 0.2) is 72.9 Å². The molecule has 0 aliphatic rings. The summed E-state index contributed by atoms with van der Waals surface area (Å²) in [6.07, 6.45) is 1.63. The fourth-order valence-corrected chi connectivity index (χ4v) is 3.62. The second-order valence-corrected chi connectivity index (χ2v) is 6.71. The number of hydrogen-bond acceptors (Lipinski definition) is 5. The Morgan fingerprint density at radius 3 is 2.17 bits per heavy atom. The van der Waals surface area contributed by atoms with E-state index in [1.54, 1.807) is 12.3 Å². The van der Waals surface area contributed by atoms with E-state index in [9.17, 15) is 5.11 Å². The van der Waals surface area contributed by atoms with E-state index in [2.05, 4.69) is 4.98 Å². The summed E-state index contributed by atoms with van der Waals surface area (Å²) in [7, 11) is 0. The van der Waals surface area contributed by atoms with Crippen molar-refractivity contribution < 1.29 is 14.9 Å². The lowest BCUT2D eigenvalue weighted by atomic mass is 9.85. The van der Waals surface area contributed by atoms with Crippen LogP contribution in [-0.2, 0) is 12.1 Å². The summed E-state index contributed by atoms with van der Waals surface area (Å²) in [6, 6.07) is 20.9. The summed E-state index contributed by atoms with van der Waals surface area (Å²) in [5, 5.41) is 21.1. The maximum Gasteiger partial charge on any atom is 0.215 e. The number of rotatable bonds is 7. The zero-order chi connectivity index (χ0) is 20.3. The molecule has 0 saturated heterocycles. The molecule has 0 amide bonds. The SMILES string of the molecule is CCn1c(C(O)(c2ccccc2)c2ccccc2)nc2cnc(OCCO)cc21. The van der Waals surface area contributed by atoms with Crippen LogP contribution >= 0.6 is 0 Å². The Labute approximate surface area is 169 Å². The topological polar surface area (TPSA) is 80.4 Å². The number of hydrogen-bond donors (Lipinski definition) is 2. The third-order valence-corrected chi connectivity index (χ3v) is 4.97. The number of imidazole rings is 1. The number of nitrogens with zero attached hydrogens (tertiary/aromatic N) is 3. The first kappa shape index (κ1) is 19.1. The van der Waals surface area contributed by atoms with E-state index in [1.807, 2.05) is 72.2 Å². The van der Waals surface area contributed by atoms with Crippen molar-refractivity contribution in [3.8, 4) is 5.88 Å². The minimum Gasteiger partial charge on any atom is -0.475 e. The first-order chi connectivity index (χ1) is 14.2. The van der Waals surface area contributed by atoms with Gasteiger partial charge in [0.05, 0.1) is 18.3 Å². The predicted octanol–water partition coefficient (Wildman–Crippen LogP) is 3.11. The van der Waals surface area contributed by atoms with Gasteiger partial charge in [0.2, 0.25) is 5.88 Å². The van der Waals surface area contributed by atoms with Gasteiger partial charge in [-0.3, -0.25) is 0 Å². The highest BCUT2D eigenvalue weighted by Crippen LogP contribution is 2.37. The summed E-state index contributed by atoms with van der Waals surface area (Å²) >= 11 is 0. The minimum atomic E-state index is -1.43. The van der Waals surface area contributed by atoms with Gasteiger partial charge in [-0.1, -0.05) is 60.7 Å². The first-order valence-electron chi connectivity index (χ1n) is 9.62. The Balaban J connectivity index is 1.95. The largest absolute Gasteiger partial charge is 0.475 e. The van der Waals surface area contributed by atoms with Crippen LogP contribution in [0.2, 0.25) is 0 Å². The summed E-state index contributed by atoms with van der Waals surface area (Å²) < 4.78 is 7.44. The van der Waals surface area contributed by atoms with Crippen LogP contribution in [0.4, 0.5) is 0 Å². The van der Waals surface area contributed by atoms with Crippen LogP contribution in [0.1, 0.15) is 23.9 Å². The zero-order valence-corrected chi connectivity index (χ0v) is 16.2. The van der Waals surface area contributed by atoms with Crippen LogP contribution in [-0.4, -0.2) is 38.0 Å². The van der Waals surface area contributed by atoms with Gasteiger partial charge in [-0.05, 0) is 18.1 Å². The van der Waals surface area contributed by atoms with Gasteiger partial charge in [-0.15, -0.1) is 0 Å². The number of fused-ring (bicyclic) bond motifs is 1. The normalized spacial score (nSPS) is 11.7. The molecule has 2 N–H and O–H groups in total. The van der Waals surface area contributed by atoms with E-state index in [0.29, 0.717) is 23.8 Å². The summed E-state index contributed by atoms with van der Waals surface area (Å²) in [5.41, 5.74) is 1.53. The maximum absolute atomic E-state index is 12.1. The average Bonchev–Trinajstić information content (AvgIpc) is 3.16. The van der Waals surface area contributed by atoms with Gasteiger partial charge in [0.15, 0.2) is 11.4 Å². The molecule has 0 saturated carbocycles. The van der Waals surface area contributed by atoms with E-state index >= 15 is 0 Å². The lowest BCUT2D eigenvalue weighted by Gasteiger charge is -2.29. The number of benzene rings is 2. The van der Waals surface area contributed by atoms with Gasteiger partial charge in [0, 0.05) is 12.6 Å². The molecule has 0 bridgehead atoms. The molecular weight excluding hydrogens is 366 g/mol. The van der Waals surface area contributed by atoms with Crippen molar-refractivity contribution in [3.63, 3.8) is 0 Å². The van der Waals surface area contributed by atoms with Crippen LogP contribution in [0.25, 0.3) is 11.0 Å². The van der Waals surface area contributed by atoms with Gasteiger partial charge in [-0.25, -0.2) is 9.97 Å². The van der Waals surface area contributed by atoms with Gasteiger partial charge < -0.3 is 19.5 Å². The predicted molar refractivity (Wildman–Crippen MR) is 111 cm³/mol. The number of aliphatic hydroxyl groups is 2. The second-order valence-electron chi connectivity index (χ2n) is 6.71. The highest BCUT2D eigenvalue weighted by molar-refractivity contribution is 5.77. The van der Waals surface area contributed by atoms with Crippen molar-refractivity contribution in [3.05, 3.63) is 89.9 Å². The smallest absolute Gasteiger partial charge is 0.215 e. The molecule has 0 atom stereocenters. The fourth-order valence-electron chi connectivity index (χ4n) is 3.62. The highest BCUT2D eigenvalue weighted by atomic mass is 16.5. The molecule has 0 aliphatic heterocycles.